The predicted octanol–water partition coefficient (Wildman–Crippen LogP) is 3.71. The fourth-order valence-electron chi connectivity index (χ4n) is 2.05. The first-order chi connectivity index (χ1) is 8.60. The number of hydrogen-bond acceptors (Lipinski definition) is 3. The van der Waals surface area contributed by atoms with Gasteiger partial charge in [-0.1, -0.05) is 28.1 Å². The van der Waals surface area contributed by atoms with Crippen molar-refractivity contribution in [3.8, 4) is 5.75 Å². The zero-order valence-electron chi connectivity index (χ0n) is 10.4. The van der Waals surface area contributed by atoms with Crippen LogP contribution in [0.2, 0.25) is 0 Å². The van der Waals surface area contributed by atoms with Gasteiger partial charge in [-0.05, 0) is 30.0 Å². The third-order valence-electron chi connectivity index (χ3n) is 2.87. The van der Waals surface area contributed by atoms with E-state index in [9.17, 15) is 4.79 Å². The van der Waals surface area contributed by atoms with Crippen molar-refractivity contribution >= 4 is 32.7 Å². The van der Waals surface area contributed by atoms with Crippen molar-refractivity contribution in [1.29, 1.82) is 0 Å². The van der Waals surface area contributed by atoms with Crippen LogP contribution in [0.3, 0.4) is 0 Å². The minimum absolute atomic E-state index is 0.383. The first kappa shape index (κ1) is 12.9. The van der Waals surface area contributed by atoms with E-state index in [1.165, 1.54) is 7.11 Å². The van der Waals surface area contributed by atoms with Crippen molar-refractivity contribution in [3.63, 3.8) is 0 Å². The minimum Gasteiger partial charge on any atom is -0.495 e. The molecule has 2 rings (SSSR count). The Labute approximate surface area is 114 Å². The summed E-state index contributed by atoms with van der Waals surface area (Å²) < 4.78 is 11.2. The highest BCUT2D eigenvalue weighted by Crippen LogP contribution is 2.36. The Morgan fingerprint density at radius 3 is 2.56 bits per heavy atom. The second kappa shape index (κ2) is 4.98. The molecular formula is C14H13BrO3. The molecule has 4 heteroatoms. The van der Waals surface area contributed by atoms with Gasteiger partial charge in [0.25, 0.3) is 0 Å². The van der Waals surface area contributed by atoms with Crippen LogP contribution in [0.5, 0.6) is 5.75 Å². The van der Waals surface area contributed by atoms with Crippen molar-refractivity contribution < 1.29 is 14.3 Å². The zero-order chi connectivity index (χ0) is 13.3. The number of ether oxygens (including phenoxy) is 2. The Morgan fingerprint density at radius 2 is 1.94 bits per heavy atom. The van der Waals surface area contributed by atoms with Crippen LogP contribution in [0, 0.1) is 6.92 Å². The first-order valence-electron chi connectivity index (χ1n) is 5.44. The largest absolute Gasteiger partial charge is 0.495 e. The van der Waals surface area contributed by atoms with Gasteiger partial charge in [0, 0.05) is 9.86 Å². The van der Waals surface area contributed by atoms with E-state index in [2.05, 4.69) is 15.9 Å². The molecule has 0 saturated carbocycles. The molecule has 0 aromatic heterocycles. The van der Waals surface area contributed by atoms with Crippen LogP contribution in [0.1, 0.15) is 15.9 Å². The fourth-order valence-corrected chi connectivity index (χ4v) is 2.53. The summed E-state index contributed by atoms with van der Waals surface area (Å²) >= 11 is 3.50. The lowest BCUT2D eigenvalue weighted by Gasteiger charge is -2.14. The number of benzene rings is 2. The fraction of sp³-hybridized carbons (Fsp3) is 0.214. The Balaban J connectivity index is 2.88. The van der Waals surface area contributed by atoms with Gasteiger partial charge in [-0.25, -0.2) is 4.79 Å². The predicted molar refractivity (Wildman–Crippen MR) is 74.3 cm³/mol. The number of methoxy groups -OCH3 is 2. The van der Waals surface area contributed by atoms with E-state index in [4.69, 9.17) is 9.47 Å². The first-order valence-corrected chi connectivity index (χ1v) is 6.23. The molecule has 0 atom stereocenters. The van der Waals surface area contributed by atoms with E-state index in [0.29, 0.717) is 11.3 Å². The van der Waals surface area contributed by atoms with Gasteiger partial charge in [0.2, 0.25) is 0 Å². The van der Waals surface area contributed by atoms with Crippen LogP contribution in [-0.4, -0.2) is 20.2 Å². The average Bonchev–Trinajstić information content (AvgIpc) is 2.37. The zero-order valence-corrected chi connectivity index (χ0v) is 12.0. The van der Waals surface area contributed by atoms with E-state index in [0.717, 1.165) is 20.8 Å². The molecule has 2 aromatic carbocycles. The molecule has 0 bridgehead atoms. The van der Waals surface area contributed by atoms with Gasteiger partial charge in [0.15, 0.2) is 0 Å². The molecule has 3 nitrogen and oxygen atoms in total. The molecule has 0 radical (unpaired) electrons. The lowest BCUT2D eigenvalue weighted by Crippen LogP contribution is -2.07. The molecule has 0 fully saturated rings. The molecule has 0 spiro atoms. The van der Waals surface area contributed by atoms with Gasteiger partial charge in [0.1, 0.15) is 11.3 Å². The van der Waals surface area contributed by atoms with Crippen molar-refractivity contribution in [2.45, 2.75) is 6.92 Å². The second-order valence-corrected chi connectivity index (χ2v) is 4.78. The van der Waals surface area contributed by atoms with Crippen molar-refractivity contribution in [1.82, 2.24) is 0 Å². The Kier molecular flexibility index (Phi) is 3.57. The number of carbonyl (C=O) groups is 1. The summed E-state index contributed by atoms with van der Waals surface area (Å²) in [6.07, 6.45) is 0. The van der Waals surface area contributed by atoms with E-state index in [1.54, 1.807) is 7.11 Å². The smallest absolute Gasteiger partial charge is 0.341 e. The summed E-state index contributed by atoms with van der Waals surface area (Å²) in [5.41, 5.74) is 1.31. The quantitative estimate of drug-likeness (QED) is 0.793. The third-order valence-corrected chi connectivity index (χ3v) is 3.56. The van der Waals surface area contributed by atoms with E-state index < -0.39 is 0 Å². The van der Waals surface area contributed by atoms with Crippen molar-refractivity contribution in [2.75, 3.05) is 14.2 Å². The molecule has 0 aliphatic heterocycles. The van der Waals surface area contributed by atoms with Crippen LogP contribution >= 0.6 is 15.9 Å². The Morgan fingerprint density at radius 1 is 1.22 bits per heavy atom. The van der Waals surface area contributed by atoms with Crippen molar-refractivity contribution in [3.05, 3.63) is 39.9 Å². The summed E-state index contributed by atoms with van der Waals surface area (Å²) in [7, 11) is 2.92. The SMILES string of the molecule is COC(=O)c1c(C)cc2c(Br)cccc2c1OC. The van der Waals surface area contributed by atoms with Crippen molar-refractivity contribution in [2.24, 2.45) is 0 Å². The number of hydrogen-bond donors (Lipinski definition) is 0. The highest BCUT2D eigenvalue weighted by Gasteiger charge is 2.19. The maximum atomic E-state index is 11.8. The second-order valence-electron chi connectivity index (χ2n) is 3.93. The van der Waals surface area contributed by atoms with Gasteiger partial charge in [-0.3, -0.25) is 0 Å². The van der Waals surface area contributed by atoms with Gasteiger partial charge in [0.05, 0.1) is 14.2 Å². The monoisotopic (exact) mass is 308 g/mol. The summed E-state index contributed by atoms with van der Waals surface area (Å²) in [6, 6.07) is 7.74. The molecular weight excluding hydrogens is 296 g/mol. The highest BCUT2D eigenvalue weighted by molar-refractivity contribution is 9.10. The Hall–Kier alpha value is -1.55. The molecule has 2 aromatic rings. The van der Waals surface area contributed by atoms with Gasteiger partial charge in [-0.15, -0.1) is 0 Å². The van der Waals surface area contributed by atoms with Crippen LogP contribution < -0.4 is 4.74 Å². The lowest BCUT2D eigenvalue weighted by molar-refractivity contribution is 0.0596. The number of esters is 1. The molecule has 18 heavy (non-hydrogen) atoms. The Bertz CT molecular complexity index is 620. The summed E-state index contributed by atoms with van der Waals surface area (Å²) in [6.45, 7) is 1.87. The van der Waals surface area contributed by atoms with Crippen LogP contribution in [-0.2, 0) is 4.74 Å². The van der Waals surface area contributed by atoms with Crippen LogP contribution in [0.25, 0.3) is 10.8 Å². The van der Waals surface area contributed by atoms with Crippen LogP contribution in [0.4, 0.5) is 0 Å². The molecule has 94 valence electrons. The number of carbonyl (C=O) groups excluding carboxylic acids is 1. The molecule has 0 saturated heterocycles. The molecule has 0 unspecified atom stereocenters. The lowest BCUT2D eigenvalue weighted by atomic mass is 10.00. The average molecular weight is 309 g/mol. The number of aryl methyl sites for hydroxylation is 1. The van der Waals surface area contributed by atoms with Gasteiger partial charge >= 0.3 is 5.97 Å². The third kappa shape index (κ3) is 1.97. The molecule has 0 aliphatic rings. The standard InChI is InChI=1S/C14H13BrO3/c1-8-7-10-9(5-4-6-11(10)15)13(17-2)12(8)14(16)18-3/h4-7H,1-3H3. The number of halogens is 1. The summed E-state index contributed by atoms with van der Waals surface area (Å²) in [5, 5.41) is 1.90. The van der Waals surface area contributed by atoms with E-state index >= 15 is 0 Å². The summed E-state index contributed by atoms with van der Waals surface area (Å²) in [5.74, 6) is 0.171. The minimum atomic E-state index is -0.383. The van der Waals surface area contributed by atoms with E-state index in [-0.39, 0.29) is 5.97 Å². The number of fused-ring (bicyclic) bond motifs is 1. The highest BCUT2D eigenvalue weighted by atomic mass is 79.9. The maximum Gasteiger partial charge on any atom is 0.341 e. The molecule has 0 heterocycles. The van der Waals surface area contributed by atoms with E-state index in [1.807, 2.05) is 31.2 Å². The topological polar surface area (TPSA) is 35.5 Å². The molecule has 0 aliphatic carbocycles. The maximum absolute atomic E-state index is 11.8. The summed E-state index contributed by atoms with van der Waals surface area (Å²) in [4.78, 5) is 11.8. The normalized spacial score (nSPS) is 10.4. The molecule has 0 amide bonds. The number of rotatable bonds is 2. The molecule has 0 N–H and O–H groups in total. The van der Waals surface area contributed by atoms with Gasteiger partial charge in [-0.2, -0.15) is 0 Å². The van der Waals surface area contributed by atoms with Gasteiger partial charge < -0.3 is 9.47 Å². The van der Waals surface area contributed by atoms with Crippen LogP contribution in [0.15, 0.2) is 28.7 Å².